The summed E-state index contributed by atoms with van der Waals surface area (Å²) in [6.45, 7) is 0.374. The molecule has 0 atom stereocenters. The summed E-state index contributed by atoms with van der Waals surface area (Å²) >= 11 is 8.22. The van der Waals surface area contributed by atoms with Crippen LogP contribution in [0.25, 0.3) is 0 Å². The fourth-order valence-electron chi connectivity index (χ4n) is 1.87. The Hall–Kier alpha value is -1.49. The number of halogens is 4. The van der Waals surface area contributed by atoms with E-state index >= 15 is 0 Å². The highest BCUT2D eigenvalue weighted by molar-refractivity contribution is 14.1. The highest BCUT2D eigenvalue weighted by Gasteiger charge is 2.17. The first kappa shape index (κ1) is 19.8. The summed E-state index contributed by atoms with van der Waals surface area (Å²) in [5, 5.41) is 3.21. The van der Waals surface area contributed by atoms with Crippen LogP contribution in [-0.4, -0.2) is 26.2 Å². The molecule has 2 rings (SSSR count). The Kier molecular flexibility index (Phi) is 7.36. The number of hydrogen-bond donors (Lipinski definition) is 2. The minimum Gasteiger partial charge on any atom is -0.382 e. The van der Waals surface area contributed by atoms with E-state index in [9.17, 15) is 13.6 Å². The molecule has 0 unspecified atom stereocenters. The first-order valence-corrected chi connectivity index (χ1v) is 8.50. The number of carbonyl (C=O) groups excluding carboxylic acids is 1. The summed E-state index contributed by atoms with van der Waals surface area (Å²) in [6.07, 6.45) is 0. The van der Waals surface area contributed by atoms with Crippen LogP contribution < -0.4 is 10.8 Å². The maximum Gasteiger partial charge on any atom is 0.277 e. The third-order valence-electron chi connectivity index (χ3n) is 3.06. The van der Waals surface area contributed by atoms with Crippen LogP contribution in [0.1, 0.15) is 10.4 Å². The Morgan fingerprint density at radius 2 is 1.88 bits per heavy atom. The summed E-state index contributed by atoms with van der Waals surface area (Å²) < 4.78 is 32.9. The zero-order valence-corrected chi connectivity index (χ0v) is 16.0. The number of rotatable bonds is 7. The van der Waals surface area contributed by atoms with Gasteiger partial charge in [-0.25, -0.2) is 14.3 Å². The van der Waals surface area contributed by atoms with Crippen LogP contribution in [0.4, 0.5) is 20.2 Å². The molecule has 0 saturated heterocycles. The molecule has 1 amide bonds. The lowest BCUT2D eigenvalue weighted by molar-refractivity contribution is 0.00891. The molecule has 25 heavy (non-hydrogen) atoms. The standard InChI is InChI=1S/C16H14ClF2IN2O3/c1-24-4-5-25-22-16(23)10-7-12(18)13(19)8-15(10)21-14-3-2-9(20)6-11(14)17/h2-3,6-8,21H,4-5H2,1H3,(H,22,23). The summed E-state index contributed by atoms with van der Waals surface area (Å²) in [7, 11) is 1.48. The normalized spacial score (nSPS) is 10.6. The van der Waals surface area contributed by atoms with Crippen molar-refractivity contribution in [3.05, 3.63) is 56.1 Å². The molecule has 0 radical (unpaired) electrons. The molecule has 0 aromatic heterocycles. The van der Waals surface area contributed by atoms with Crippen molar-refractivity contribution >= 4 is 51.5 Å². The molecule has 2 N–H and O–H groups in total. The topological polar surface area (TPSA) is 59.6 Å². The number of ether oxygens (including phenoxy) is 1. The Bertz CT molecular complexity index is 777. The number of hydroxylamine groups is 1. The molecule has 2 aromatic rings. The van der Waals surface area contributed by atoms with Gasteiger partial charge >= 0.3 is 0 Å². The minimum absolute atomic E-state index is 0.0508. The van der Waals surface area contributed by atoms with Crippen molar-refractivity contribution in [3.8, 4) is 0 Å². The van der Waals surface area contributed by atoms with Crippen LogP contribution in [0, 0.1) is 15.2 Å². The van der Waals surface area contributed by atoms with Crippen molar-refractivity contribution in [1.29, 1.82) is 0 Å². The van der Waals surface area contributed by atoms with E-state index in [1.807, 2.05) is 0 Å². The van der Waals surface area contributed by atoms with E-state index in [2.05, 4.69) is 33.4 Å². The van der Waals surface area contributed by atoms with Gasteiger partial charge in [0.25, 0.3) is 5.91 Å². The molecule has 0 aliphatic heterocycles. The number of methoxy groups -OCH3 is 1. The van der Waals surface area contributed by atoms with Gasteiger partial charge in [0.2, 0.25) is 0 Å². The maximum absolute atomic E-state index is 13.6. The molecule has 0 fully saturated rings. The number of anilines is 2. The summed E-state index contributed by atoms with van der Waals surface area (Å²) in [5.74, 6) is -2.98. The van der Waals surface area contributed by atoms with E-state index in [4.69, 9.17) is 21.2 Å². The van der Waals surface area contributed by atoms with Crippen LogP contribution in [-0.2, 0) is 9.57 Å². The predicted octanol–water partition coefficient (Wildman–Crippen LogP) is 4.27. The SMILES string of the molecule is COCCONC(=O)c1cc(F)c(F)cc1Nc1ccc(I)cc1Cl. The molecule has 0 spiro atoms. The molecule has 0 bridgehead atoms. The number of amides is 1. The highest BCUT2D eigenvalue weighted by Crippen LogP contribution is 2.30. The lowest BCUT2D eigenvalue weighted by atomic mass is 10.1. The number of nitrogens with one attached hydrogen (secondary N) is 2. The van der Waals surface area contributed by atoms with Crippen LogP contribution >= 0.6 is 34.2 Å². The molecular formula is C16H14ClF2IN2O3. The van der Waals surface area contributed by atoms with Gasteiger partial charge in [0, 0.05) is 16.7 Å². The summed E-state index contributed by atoms with van der Waals surface area (Å²) in [5.41, 5.74) is 2.51. The lowest BCUT2D eigenvalue weighted by Gasteiger charge is -2.14. The largest absolute Gasteiger partial charge is 0.382 e. The molecule has 0 saturated carbocycles. The fourth-order valence-corrected chi connectivity index (χ4v) is 2.77. The van der Waals surface area contributed by atoms with Crippen LogP contribution in [0.15, 0.2) is 30.3 Å². The average Bonchev–Trinajstić information content (AvgIpc) is 2.57. The Labute approximate surface area is 161 Å². The van der Waals surface area contributed by atoms with Gasteiger partial charge in [0.1, 0.15) is 0 Å². The van der Waals surface area contributed by atoms with Crippen LogP contribution in [0.3, 0.4) is 0 Å². The molecule has 9 heteroatoms. The minimum atomic E-state index is -1.15. The van der Waals surface area contributed by atoms with E-state index in [0.717, 1.165) is 15.7 Å². The highest BCUT2D eigenvalue weighted by atomic mass is 127. The quantitative estimate of drug-likeness (QED) is 0.352. The molecular weight excluding hydrogens is 469 g/mol. The van der Waals surface area contributed by atoms with Crippen LogP contribution in [0.2, 0.25) is 5.02 Å². The second kappa shape index (κ2) is 9.27. The van der Waals surface area contributed by atoms with E-state index in [-0.39, 0.29) is 24.5 Å². The van der Waals surface area contributed by atoms with Crippen molar-refractivity contribution < 1.29 is 23.1 Å². The first-order chi connectivity index (χ1) is 11.9. The number of hydrogen-bond acceptors (Lipinski definition) is 4. The van der Waals surface area contributed by atoms with E-state index in [0.29, 0.717) is 10.7 Å². The molecule has 0 aliphatic rings. The molecule has 0 heterocycles. The molecule has 2 aromatic carbocycles. The van der Waals surface area contributed by atoms with Crippen molar-refractivity contribution in [3.63, 3.8) is 0 Å². The van der Waals surface area contributed by atoms with E-state index in [1.54, 1.807) is 18.2 Å². The summed E-state index contributed by atoms with van der Waals surface area (Å²) in [6, 6.07) is 6.81. The predicted molar refractivity (Wildman–Crippen MR) is 99.1 cm³/mol. The van der Waals surface area contributed by atoms with Gasteiger partial charge in [0.05, 0.1) is 35.2 Å². The van der Waals surface area contributed by atoms with Crippen molar-refractivity contribution in [2.75, 3.05) is 25.6 Å². The van der Waals surface area contributed by atoms with Gasteiger partial charge in [-0.2, -0.15) is 0 Å². The van der Waals surface area contributed by atoms with Crippen molar-refractivity contribution in [2.24, 2.45) is 0 Å². The maximum atomic E-state index is 13.6. The van der Waals surface area contributed by atoms with Crippen molar-refractivity contribution in [1.82, 2.24) is 5.48 Å². The third kappa shape index (κ3) is 5.50. The van der Waals surface area contributed by atoms with Crippen LogP contribution in [0.5, 0.6) is 0 Å². The van der Waals surface area contributed by atoms with Gasteiger partial charge in [-0.1, -0.05) is 11.6 Å². The molecule has 5 nitrogen and oxygen atoms in total. The van der Waals surface area contributed by atoms with Gasteiger partial charge in [-0.3, -0.25) is 9.63 Å². The average molecular weight is 483 g/mol. The van der Waals surface area contributed by atoms with Crippen molar-refractivity contribution in [2.45, 2.75) is 0 Å². The van der Waals surface area contributed by atoms with Gasteiger partial charge in [-0.15, -0.1) is 0 Å². The first-order valence-electron chi connectivity index (χ1n) is 7.04. The van der Waals surface area contributed by atoms with Gasteiger partial charge < -0.3 is 10.1 Å². The smallest absolute Gasteiger partial charge is 0.277 e. The van der Waals surface area contributed by atoms with E-state index in [1.165, 1.54) is 7.11 Å². The molecule has 0 aliphatic carbocycles. The zero-order valence-electron chi connectivity index (χ0n) is 13.0. The second-order valence-electron chi connectivity index (χ2n) is 4.83. The zero-order chi connectivity index (χ0) is 18.4. The molecule has 134 valence electrons. The summed E-state index contributed by atoms with van der Waals surface area (Å²) in [4.78, 5) is 17.1. The number of benzene rings is 2. The van der Waals surface area contributed by atoms with Gasteiger partial charge in [0.15, 0.2) is 11.6 Å². The third-order valence-corrected chi connectivity index (χ3v) is 4.04. The second-order valence-corrected chi connectivity index (χ2v) is 6.49. The Balaban J connectivity index is 2.26. The monoisotopic (exact) mass is 482 g/mol. The van der Waals surface area contributed by atoms with Gasteiger partial charge in [-0.05, 0) is 46.9 Å². The Morgan fingerprint density at radius 3 is 2.56 bits per heavy atom. The lowest BCUT2D eigenvalue weighted by Crippen LogP contribution is -2.26. The number of carbonyl (C=O) groups is 1. The Morgan fingerprint density at radius 1 is 1.16 bits per heavy atom. The van der Waals surface area contributed by atoms with E-state index < -0.39 is 17.5 Å². The fraction of sp³-hybridized carbons (Fsp3) is 0.188.